The molecule has 1 saturated heterocycles. The van der Waals surface area contributed by atoms with E-state index in [1.165, 1.54) is 0 Å². The third-order valence-corrected chi connectivity index (χ3v) is 2.92. The van der Waals surface area contributed by atoms with Crippen molar-refractivity contribution in [3.8, 4) is 0 Å². The highest BCUT2D eigenvalue weighted by molar-refractivity contribution is 5.88. The molecule has 0 aromatic carbocycles. The van der Waals surface area contributed by atoms with Gasteiger partial charge in [0, 0.05) is 25.6 Å². The second-order valence-corrected chi connectivity index (χ2v) is 4.31. The van der Waals surface area contributed by atoms with Gasteiger partial charge in [-0.05, 0) is 13.3 Å². The second-order valence-electron chi connectivity index (χ2n) is 4.31. The maximum absolute atomic E-state index is 11.9. The van der Waals surface area contributed by atoms with Crippen molar-refractivity contribution in [2.45, 2.75) is 45.2 Å². The number of carbonyl (C=O) groups excluding carboxylic acids is 2. The molecule has 1 aliphatic rings. The predicted octanol–water partition coefficient (Wildman–Crippen LogP) is -0.149. The molecular formula is C11H21N3O2. The van der Waals surface area contributed by atoms with Crippen LogP contribution in [0.1, 0.15) is 33.1 Å². The zero-order chi connectivity index (χ0) is 12.1. The number of rotatable bonds is 4. The van der Waals surface area contributed by atoms with Gasteiger partial charge in [-0.2, -0.15) is 0 Å². The van der Waals surface area contributed by atoms with Gasteiger partial charge in [0.2, 0.25) is 11.8 Å². The lowest BCUT2D eigenvalue weighted by Crippen LogP contribution is -2.56. The highest BCUT2D eigenvalue weighted by Gasteiger charge is 2.29. The van der Waals surface area contributed by atoms with Crippen LogP contribution in [0.5, 0.6) is 0 Å². The van der Waals surface area contributed by atoms with Gasteiger partial charge in [0.15, 0.2) is 0 Å². The first-order valence-electron chi connectivity index (χ1n) is 5.89. The van der Waals surface area contributed by atoms with Gasteiger partial charge in [0.05, 0.1) is 0 Å². The van der Waals surface area contributed by atoms with Crippen molar-refractivity contribution in [1.82, 2.24) is 10.2 Å². The average Bonchev–Trinajstić information content (AvgIpc) is 2.22. The van der Waals surface area contributed by atoms with Crippen molar-refractivity contribution >= 4 is 11.8 Å². The van der Waals surface area contributed by atoms with Crippen molar-refractivity contribution < 1.29 is 9.59 Å². The number of hydrogen-bond donors (Lipinski definition) is 2. The van der Waals surface area contributed by atoms with Gasteiger partial charge >= 0.3 is 0 Å². The number of nitrogens with zero attached hydrogens (tertiary/aromatic N) is 1. The van der Waals surface area contributed by atoms with E-state index >= 15 is 0 Å². The smallest absolute Gasteiger partial charge is 0.242 e. The minimum atomic E-state index is -0.366. The average molecular weight is 227 g/mol. The molecule has 5 heteroatoms. The molecule has 1 heterocycles. The standard InChI is InChI=1S/C11H21N3O2/c1-3-4-9(12)7-10(15)14-6-5-13-11(16)8(14)2/h8-9H,3-7,12H2,1-2H3,(H,13,16). The number of hydrogen-bond acceptors (Lipinski definition) is 3. The summed E-state index contributed by atoms with van der Waals surface area (Å²) >= 11 is 0. The fraction of sp³-hybridized carbons (Fsp3) is 0.818. The predicted molar refractivity (Wildman–Crippen MR) is 61.7 cm³/mol. The Bertz CT molecular complexity index is 268. The highest BCUT2D eigenvalue weighted by atomic mass is 16.2. The largest absolute Gasteiger partial charge is 0.353 e. The summed E-state index contributed by atoms with van der Waals surface area (Å²) < 4.78 is 0. The van der Waals surface area contributed by atoms with E-state index in [4.69, 9.17) is 5.73 Å². The van der Waals surface area contributed by atoms with Crippen LogP contribution in [0.4, 0.5) is 0 Å². The summed E-state index contributed by atoms with van der Waals surface area (Å²) in [5.74, 6) is -0.0908. The zero-order valence-electron chi connectivity index (χ0n) is 10.0. The zero-order valence-corrected chi connectivity index (χ0v) is 10.0. The number of piperazine rings is 1. The van der Waals surface area contributed by atoms with Crippen molar-refractivity contribution in [3.63, 3.8) is 0 Å². The van der Waals surface area contributed by atoms with Crippen LogP contribution in [-0.2, 0) is 9.59 Å². The normalized spacial score (nSPS) is 22.8. The van der Waals surface area contributed by atoms with E-state index in [1.807, 2.05) is 6.92 Å². The molecule has 5 nitrogen and oxygen atoms in total. The van der Waals surface area contributed by atoms with Crippen LogP contribution in [0.2, 0.25) is 0 Å². The highest BCUT2D eigenvalue weighted by Crippen LogP contribution is 2.08. The molecule has 2 atom stereocenters. The number of amides is 2. The molecule has 0 radical (unpaired) electrons. The minimum Gasteiger partial charge on any atom is -0.353 e. The van der Waals surface area contributed by atoms with E-state index in [0.717, 1.165) is 12.8 Å². The Kier molecular flexibility index (Phi) is 4.73. The number of nitrogens with two attached hydrogens (primary N) is 1. The van der Waals surface area contributed by atoms with Crippen LogP contribution >= 0.6 is 0 Å². The molecule has 0 spiro atoms. The maximum Gasteiger partial charge on any atom is 0.242 e. The SMILES string of the molecule is CCCC(N)CC(=O)N1CCNC(=O)C1C. The Morgan fingerprint density at radius 1 is 1.69 bits per heavy atom. The molecule has 16 heavy (non-hydrogen) atoms. The molecule has 2 amide bonds. The van der Waals surface area contributed by atoms with Crippen LogP contribution in [0, 0.1) is 0 Å². The van der Waals surface area contributed by atoms with E-state index in [0.29, 0.717) is 19.5 Å². The molecule has 0 aliphatic carbocycles. The second kappa shape index (κ2) is 5.84. The molecule has 92 valence electrons. The van der Waals surface area contributed by atoms with E-state index in [-0.39, 0.29) is 23.9 Å². The Morgan fingerprint density at radius 3 is 3.00 bits per heavy atom. The first-order chi connectivity index (χ1) is 7.56. The molecule has 0 aromatic rings. The molecule has 1 aliphatic heterocycles. The van der Waals surface area contributed by atoms with Crippen LogP contribution in [-0.4, -0.2) is 41.9 Å². The van der Waals surface area contributed by atoms with E-state index in [2.05, 4.69) is 5.32 Å². The third-order valence-electron chi connectivity index (χ3n) is 2.92. The van der Waals surface area contributed by atoms with E-state index < -0.39 is 0 Å². The van der Waals surface area contributed by atoms with Gasteiger partial charge in [-0.25, -0.2) is 0 Å². The summed E-state index contributed by atoms with van der Waals surface area (Å²) in [6, 6.07) is -0.454. The van der Waals surface area contributed by atoms with Gasteiger partial charge < -0.3 is 16.0 Å². The van der Waals surface area contributed by atoms with Crippen LogP contribution in [0.15, 0.2) is 0 Å². The maximum atomic E-state index is 11.9. The summed E-state index contributed by atoms with van der Waals surface area (Å²) in [6.07, 6.45) is 2.16. The fourth-order valence-corrected chi connectivity index (χ4v) is 1.94. The summed E-state index contributed by atoms with van der Waals surface area (Å²) in [6.45, 7) is 4.92. The van der Waals surface area contributed by atoms with Gasteiger partial charge in [-0.3, -0.25) is 9.59 Å². The number of carbonyl (C=O) groups is 2. The number of nitrogens with one attached hydrogen (secondary N) is 1. The Morgan fingerprint density at radius 2 is 2.38 bits per heavy atom. The summed E-state index contributed by atoms with van der Waals surface area (Å²) in [5.41, 5.74) is 5.82. The summed E-state index contributed by atoms with van der Waals surface area (Å²) in [7, 11) is 0. The lowest BCUT2D eigenvalue weighted by Gasteiger charge is -2.33. The van der Waals surface area contributed by atoms with Crippen molar-refractivity contribution in [3.05, 3.63) is 0 Å². The molecule has 0 aromatic heterocycles. The molecule has 0 bridgehead atoms. The third kappa shape index (κ3) is 3.20. The monoisotopic (exact) mass is 227 g/mol. The van der Waals surface area contributed by atoms with Crippen molar-refractivity contribution in [2.75, 3.05) is 13.1 Å². The fourth-order valence-electron chi connectivity index (χ4n) is 1.94. The van der Waals surface area contributed by atoms with Crippen molar-refractivity contribution in [2.24, 2.45) is 5.73 Å². The van der Waals surface area contributed by atoms with Gasteiger partial charge in [-0.15, -0.1) is 0 Å². The van der Waals surface area contributed by atoms with Crippen LogP contribution in [0.25, 0.3) is 0 Å². The molecule has 0 saturated carbocycles. The lowest BCUT2D eigenvalue weighted by molar-refractivity contribution is -0.142. The van der Waals surface area contributed by atoms with Crippen molar-refractivity contribution in [1.29, 1.82) is 0 Å². The molecule has 2 unspecified atom stereocenters. The summed E-state index contributed by atoms with van der Waals surface area (Å²) in [5, 5.41) is 2.73. The first kappa shape index (κ1) is 13.0. The Balaban J connectivity index is 2.49. The minimum absolute atomic E-state index is 0.0108. The van der Waals surface area contributed by atoms with E-state index in [9.17, 15) is 9.59 Å². The molecule has 1 rings (SSSR count). The van der Waals surface area contributed by atoms with Gasteiger partial charge in [0.25, 0.3) is 0 Å². The van der Waals surface area contributed by atoms with Crippen LogP contribution in [0.3, 0.4) is 0 Å². The quantitative estimate of drug-likeness (QED) is 0.701. The molecular weight excluding hydrogens is 206 g/mol. The summed E-state index contributed by atoms with van der Waals surface area (Å²) in [4.78, 5) is 24.9. The Labute approximate surface area is 96.4 Å². The molecule has 3 N–H and O–H groups in total. The Hall–Kier alpha value is -1.10. The lowest BCUT2D eigenvalue weighted by atomic mass is 10.1. The molecule has 1 fully saturated rings. The first-order valence-corrected chi connectivity index (χ1v) is 5.89. The van der Waals surface area contributed by atoms with Crippen LogP contribution < -0.4 is 11.1 Å². The van der Waals surface area contributed by atoms with Gasteiger partial charge in [-0.1, -0.05) is 13.3 Å². The van der Waals surface area contributed by atoms with E-state index in [1.54, 1.807) is 11.8 Å². The van der Waals surface area contributed by atoms with Gasteiger partial charge in [0.1, 0.15) is 6.04 Å². The topological polar surface area (TPSA) is 75.4 Å².